The van der Waals surface area contributed by atoms with E-state index in [2.05, 4.69) is 11.4 Å². The van der Waals surface area contributed by atoms with Gasteiger partial charge in [-0.1, -0.05) is 12.1 Å². The average molecular weight is 203 g/mol. The van der Waals surface area contributed by atoms with Gasteiger partial charge in [0.15, 0.2) is 0 Å². The zero-order valence-corrected chi connectivity index (χ0v) is 8.87. The molecule has 0 unspecified atom stereocenters. The van der Waals surface area contributed by atoms with Gasteiger partial charge in [-0.3, -0.25) is 0 Å². The molecule has 3 N–H and O–H groups in total. The van der Waals surface area contributed by atoms with Gasteiger partial charge in [0.05, 0.1) is 11.6 Å². The van der Waals surface area contributed by atoms with Crippen molar-refractivity contribution in [2.24, 2.45) is 5.73 Å². The van der Waals surface area contributed by atoms with E-state index in [4.69, 9.17) is 11.0 Å². The summed E-state index contributed by atoms with van der Waals surface area (Å²) in [6, 6.07) is 9.87. The fourth-order valence-corrected chi connectivity index (χ4v) is 1.39. The molecule has 0 spiro atoms. The van der Waals surface area contributed by atoms with Crippen LogP contribution in [0.5, 0.6) is 0 Å². The van der Waals surface area contributed by atoms with Gasteiger partial charge in [-0.25, -0.2) is 0 Å². The predicted molar refractivity (Wildman–Crippen MR) is 61.4 cm³/mol. The molecule has 1 aromatic rings. The summed E-state index contributed by atoms with van der Waals surface area (Å²) >= 11 is 0. The minimum absolute atomic E-state index is 0.691. The minimum atomic E-state index is 0.691. The summed E-state index contributed by atoms with van der Waals surface area (Å²) in [5.41, 5.74) is 7.36. The summed E-state index contributed by atoms with van der Waals surface area (Å²) in [6.07, 6.45) is 2.15. The number of hydrogen-bond donors (Lipinski definition) is 2. The first kappa shape index (κ1) is 11.7. The highest BCUT2D eigenvalue weighted by molar-refractivity contribution is 5.31. The van der Waals surface area contributed by atoms with Gasteiger partial charge in [-0.2, -0.15) is 5.26 Å². The first-order chi connectivity index (χ1) is 7.36. The Morgan fingerprint density at radius 3 is 2.53 bits per heavy atom. The molecule has 3 nitrogen and oxygen atoms in total. The second kappa shape index (κ2) is 6.99. The highest BCUT2D eigenvalue weighted by Gasteiger charge is 1.94. The van der Waals surface area contributed by atoms with Crippen LogP contribution in [0.3, 0.4) is 0 Å². The number of hydrogen-bond acceptors (Lipinski definition) is 3. The quantitative estimate of drug-likeness (QED) is 0.679. The third-order valence-electron chi connectivity index (χ3n) is 2.22. The second-order valence-electron chi connectivity index (χ2n) is 3.45. The van der Waals surface area contributed by atoms with Gasteiger partial charge in [0.2, 0.25) is 0 Å². The van der Waals surface area contributed by atoms with Crippen LogP contribution in [-0.2, 0) is 6.42 Å². The molecular weight excluding hydrogens is 186 g/mol. The maximum atomic E-state index is 8.63. The Kier molecular flexibility index (Phi) is 5.46. The summed E-state index contributed by atoms with van der Waals surface area (Å²) in [5, 5.41) is 11.9. The predicted octanol–water partition coefficient (Wildman–Crippen LogP) is 1.04. The smallest absolute Gasteiger partial charge is 0.0991 e. The summed E-state index contributed by atoms with van der Waals surface area (Å²) in [5.74, 6) is 0. The molecule has 0 saturated heterocycles. The number of aryl methyl sites for hydroxylation is 1. The van der Waals surface area contributed by atoms with Crippen molar-refractivity contribution in [3.8, 4) is 6.07 Å². The maximum Gasteiger partial charge on any atom is 0.0991 e. The molecule has 0 aliphatic rings. The molecule has 0 saturated carbocycles. The van der Waals surface area contributed by atoms with Crippen molar-refractivity contribution in [3.05, 3.63) is 35.4 Å². The van der Waals surface area contributed by atoms with E-state index in [1.54, 1.807) is 0 Å². The van der Waals surface area contributed by atoms with Crippen molar-refractivity contribution in [2.45, 2.75) is 12.8 Å². The first-order valence-corrected chi connectivity index (χ1v) is 5.26. The fraction of sp³-hybridized carbons (Fsp3) is 0.417. The number of benzene rings is 1. The van der Waals surface area contributed by atoms with Crippen LogP contribution in [0, 0.1) is 11.3 Å². The lowest BCUT2D eigenvalue weighted by Gasteiger charge is -2.03. The molecule has 0 aromatic heterocycles. The number of nitriles is 1. The molecule has 0 aliphatic carbocycles. The first-order valence-electron chi connectivity index (χ1n) is 5.26. The van der Waals surface area contributed by atoms with Crippen LogP contribution in [-0.4, -0.2) is 19.6 Å². The number of nitrogens with one attached hydrogen (secondary N) is 1. The van der Waals surface area contributed by atoms with Crippen molar-refractivity contribution in [2.75, 3.05) is 19.6 Å². The van der Waals surface area contributed by atoms with Crippen molar-refractivity contribution in [1.29, 1.82) is 5.26 Å². The topological polar surface area (TPSA) is 61.8 Å². The molecule has 0 bridgehead atoms. The third kappa shape index (κ3) is 4.59. The van der Waals surface area contributed by atoms with Gasteiger partial charge in [0.25, 0.3) is 0 Å². The van der Waals surface area contributed by atoms with E-state index >= 15 is 0 Å². The lowest BCUT2D eigenvalue weighted by atomic mass is 10.1. The zero-order chi connectivity index (χ0) is 10.9. The normalized spacial score (nSPS) is 9.87. The highest BCUT2D eigenvalue weighted by Crippen LogP contribution is 2.05. The van der Waals surface area contributed by atoms with Crippen LogP contribution >= 0.6 is 0 Å². The molecule has 3 heteroatoms. The Morgan fingerprint density at radius 1 is 1.20 bits per heavy atom. The third-order valence-corrected chi connectivity index (χ3v) is 2.22. The van der Waals surface area contributed by atoms with E-state index < -0.39 is 0 Å². The molecular formula is C12H17N3. The molecule has 80 valence electrons. The molecule has 1 aromatic carbocycles. The molecule has 0 radical (unpaired) electrons. The molecule has 15 heavy (non-hydrogen) atoms. The van der Waals surface area contributed by atoms with Crippen LogP contribution in [0.15, 0.2) is 24.3 Å². The Balaban J connectivity index is 2.23. The Labute approximate surface area is 90.9 Å². The molecule has 0 amide bonds. The lowest BCUT2D eigenvalue weighted by Crippen LogP contribution is -2.23. The summed E-state index contributed by atoms with van der Waals surface area (Å²) < 4.78 is 0. The Bertz CT molecular complexity index is 311. The molecule has 0 fully saturated rings. The highest BCUT2D eigenvalue weighted by atomic mass is 14.9. The van der Waals surface area contributed by atoms with E-state index in [0.717, 1.165) is 31.5 Å². The minimum Gasteiger partial charge on any atom is -0.329 e. The zero-order valence-electron chi connectivity index (χ0n) is 8.87. The van der Waals surface area contributed by atoms with Crippen LogP contribution in [0.2, 0.25) is 0 Å². The molecule has 0 atom stereocenters. The van der Waals surface area contributed by atoms with Crippen molar-refractivity contribution < 1.29 is 0 Å². The van der Waals surface area contributed by atoms with E-state index in [9.17, 15) is 0 Å². The number of nitrogens with zero attached hydrogens (tertiary/aromatic N) is 1. The lowest BCUT2D eigenvalue weighted by molar-refractivity contribution is 0.653. The van der Waals surface area contributed by atoms with Crippen LogP contribution in [0.4, 0.5) is 0 Å². The van der Waals surface area contributed by atoms with Gasteiger partial charge in [-0.05, 0) is 37.1 Å². The van der Waals surface area contributed by atoms with E-state index in [1.807, 2.05) is 24.3 Å². The molecule has 0 aliphatic heterocycles. The summed E-state index contributed by atoms with van der Waals surface area (Å²) in [6.45, 7) is 2.57. The SMILES string of the molecule is N#Cc1ccc(CCCNCCN)cc1. The van der Waals surface area contributed by atoms with Gasteiger partial charge in [-0.15, -0.1) is 0 Å². The number of nitrogens with two attached hydrogens (primary N) is 1. The van der Waals surface area contributed by atoms with Gasteiger partial charge < -0.3 is 11.1 Å². The standard InChI is InChI=1S/C12H17N3/c13-7-9-15-8-1-2-11-3-5-12(10-14)6-4-11/h3-6,15H,1-2,7-9,13H2. The van der Waals surface area contributed by atoms with E-state index in [1.165, 1.54) is 5.56 Å². The van der Waals surface area contributed by atoms with Crippen molar-refractivity contribution in [3.63, 3.8) is 0 Å². The second-order valence-corrected chi connectivity index (χ2v) is 3.45. The van der Waals surface area contributed by atoms with E-state index in [-0.39, 0.29) is 0 Å². The van der Waals surface area contributed by atoms with Gasteiger partial charge >= 0.3 is 0 Å². The molecule has 0 heterocycles. The van der Waals surface area contributed by atoms with E-state index in [0.29, 0.717) is 6.54 Å². The van der Waals surface area contributed by atoms with Crippen LogP contribution < -0.4 is 11.1 Å². The van der Waals surface area contributed by atoms with Crippen LogP contribution in [0.1, 0.15) is 17.5 Å². The maximum absolute atomic E-state index is 8.63. The average Bonchev–Trinajstić information content (AvgIpc) is 2.30. The van der Waals surface area contributed by atoms with Crippen LogP contribution in [0.25, 0.3) is 0 Å². The fourth-order valence-electron chi connectivity index (χ4n) is 1.39. The summed E-state index contributed by atoms with van der Waals surface area (Å²) in [7, 11) is 0. The van der Waals surface area contributed by atoms with Gasteiger partial charge in [0, 0.05) is 13.1 Å². The molecule has 1 rings (SSSR count). The number of rotatable bonds is 6. The van der Waals surface area contributed by atoms with Crippen molar-refractivity contribution in [1.82, 2.24) is 5.32 Å². The summed E-state index contributed by atoms with van der Waals surface area (Å²) in [4.78, 5) is 0. The Morgan fingerprint density at radius 2 is 1.93 bits per heavy atom. The Hall–Kier alpha value is -1.37. The van der Waals surface area contributed by atoms with Crippen molar-refractivity contribution >= 4 is 0 Å². The largest absolute Gasteiger partial charge is 0.329 e. The van der Waals surface area contributed by atoms with Gasteiger partial charge in [0.1, 0.15) is 0 Å². The monoisotopic (exact) mass is 203 g/mol.